The maximum Gasteiger partial charge on any atom is 0.411 e. The van der Waals surface area contributed by atoms with E-state index < -0.39 is 23.7 Å². The molecule has 1 saturated heterocycles. The van der Waals surface area contributed by atoms with Crippen LogP contribution in [0.3, 0.4) is 0 Å². The summed E-state index contributed by atoms with van der Waals surface area (Å²) < 4.78 is 10.6. The average Bonchev–Trinajstić information content (AvgIpc) is 2.96. The molecule has 1 atom stereocenters. The number of likely N-dealkylation sites (tertiary alicyclic amines) is 1. The molecule has 1 aromatic rings. The third kappa shape index (κ3) is 4.98. The van der Waals surface area contributed by atoms with Crippen molar-refractivity contribution in [3.8, 4) is 0 Å². The van der Waals surface area contributed by atoms with Gasteiger partial charge >= 0.3 is 12.1 Å². The summed E-state index contributed by atoms with van der Waals surface area (Å²) in [5, 5.41) is 0.629. The number of hydrogen-bond acceptors (Lipinski definition) is 5. The zero-order valence-corrected chi connectivity index (χ0v) is 15.4. The maximum absolute atomic E-state index is 12.3. The van der Waals surface area contributed by atoms with Gasteiger partial charge in [-0.05, 0) is 45.7 Å². The quantitative estimate of drug-likeness (QED) is 0.593. The number of aromatic nitrogens is 1. The van der Waals surface area contributed by atoms with Crippen molar-refractivity contribution in [1.82, 2.24) is 9.88 Å². The van der Waals surface area contributed by atoms with Crippen LogP contribution in [0.15, 0.2) is 12.1 Å². The fraction of sp³-hybridized carbons (Fsp3) is 0.562. The van der Waals surface area contributed by atoms with E-state index in [2.05, 4.69) is 4.98 Å². The molecule has 24 heavy (non-hydrogen) atoms. The normalized spacial score (nSPS) is 17.7. The molecule has 0 aliphatic carbocycles. The number of halogens is 2. The van der Waals surface area contributed by atoms with E-state index in [1.54, 1.807) is 32.9 Å². The van der Waals surface area contributed by atoms with Gasteiger partial charge in [0.05, 0.1) is 10.7 Å². The molecule has 0 bridgehead atoms. The predicted octanol–water partition coefficient (Wildman–Crippen LogP) is 3.83. The molecule has 0 N–H and O–H groups in total. The largest absolute Gasteiger partial charge is 0.458 e. The van der Waals surface area contributed by atoms with E-state index >= 15 is 0 Å². The zero-order valence-electron chi connectivity index (χ0n) is 13.8. The molecule has 132 valence electrons. The van der Waals surface area contributed by atoms with Crippen LogP contribution in [0.1, 0.15) is 39.3 Å². The molecule has 2 heterocycles. The minimum Gasteiger partial charge on any atom is -0.458 e. The Hall–Kier alpha value is -1.53. The Morgan fingerprint density at radius 2 is 2.04 bits per heavy atom. The van der Waals surface area contributed by atoms with Gasteiger partial charge in [0.15, 0.2) is 0 Å². The fourth-order valence-corrected chi connectivity index (χ4v) is 2.67. The summed E-state index contributed by atoms with van der Waals surface area (Å²) in [6.07, 6.45) is 0.741. The Balaban J connectivity index is 1.98. The van der Waals surface area contributed by atoms with Crippen LogP contribution < -0.4 is 0 Å². The molecule has 1 unspecified atom stereocenters. The molecular weight excluding hydrogens is 355 g/mol. The summed E-state index contributed by atoms with van der Waals surface area (Å²) in [6.45, 7) is 5.70. The maximum atomic E-state index is 12.3. The predicted molar refractivity (Wildman–Crippen MR) is 90.0 cm³/mol. The van der Waals surface area contributed by atoms with Crippen molar-refractivity contribution >= 4 is 35.3 Å². The molecule has 1 amide bonds. The number of carbonyl (C=O) groups is 2. The molecule has 1 aromatic heterocycles. The van der Waals surface area contributed by atoms with E-state index in [1.165, 1.54) is 4.90 Å². The summed E-state index contributed by atoms with van der Waals surface area (Å²) in [4.78, 5) is 29.9. The SMILES string of the molecule is CC(C)(C)OC(=O)N1CCCC1C(=O)OCc1nc(Cl)ccc1Cl. The van der Waals surface area contributed by atoms with Gasteiger partial charge in [-0.25, -0.2) is 14.6 Å². The second-order valence-electron chi connectivity index (χ2n) is 6.50. The first-order valence-electron chi connectivity index (χ1n) is 7.64. The minimum atomic E-state index is -0.655. The Bertz CT molecular complexity index is 631. The third-order valence-corrected chi connectivity index (χ3v) is 3.94. The van der Waals surface area contributed by atoms with Crippen LogP contribution in [-0.2, 0) is 20.9 Å². The van der Waals surface area contributed by atoms with Crippen molar-refractivity contribution in [1.29, 1.82) is 0 Å². The second kappa shape index (κ2) is 7.57. The van der Waals surface area contributed by atoms with Crippen LogP contribution in [-0.4, -0.2) is 40.1 Å². The topological polar surface area (TPSA) is 68.7 Å². The molecule has 1 aliphatic heterocycles. The van der Waals surface area contributed by atoms with Crippen molar-refractivity contribution in [3.05, 3.63) is 28.0 Å². The van der Waals surface area contributed by atoms with Gasteiger partial charge < -0.3 is 9.47 Å². The standard InChI is InChI=1S/C16H20Cl2N2O4/c1-16(2,3)24-15(22)20-8-4-5-12(20)14(21)23-9-11-10(17)6-7-13(18)19-11/h6-7,12H,4-5,8-9H2,1-3H3. The van der Waals surface area contributed by atoms with Gasteiger partial charge in [0.2, 0.25) is 0 Å². The number of esters is 1. The number of nitrogens with zero attached hydrogens (tertiary/aromatic N) is 2. The van der Waals surface area contributed by atoms with Crippen molar-refractivity contribution in [2.45, 2.75) is 51.9 Å². The van der Waals surface area contributed by atoms with Gasteiger partial charge in [-0.2, -0.15) is 0 Å². The first-order valence-corrected chi connectivity index (χ1v) is 8.40. The van der Waals surface area contributed by atoms with Crippen LogP contribution in [0.2, 0.25) is 10.2 Å². The van der Waals surface area contributed by atoms with Crippen LogP contribution in [0.5, 0.6) is 0 Å². The van der Waals surface area contributed by atoms with Gasteiger partial charge in [0.1, 0.15) is 23.4 Å². The summed E-state index contributed by atoms with van der Waals surface area (Å²) in [7, 11) is 0. The molecule has 1 fully saturated rings. The zero-order chi connectivity index (χ0) is 17.9. The molecule has 6 nitrogen and oxygen atoms in total. The van der Waals surface area contributed by atoms with Crippen molar-refractivity contribution in [3.63, 3.8) is 0 Å². The number of rotatable bonds is 3. The van der Waals surface area contributed by atoms with Crippen LogP contribution in [0, 0.1) is 0 Å². The van der Waals surface area contributed by atoms with Gasteiger partial charge in [-0.1, -0.05) is 23.2 Å². The second-order valence-corrected chi connectivity index (χ2v) is 7.30. The Labute approximate surface area is 151 Å². The van der Waals surface area contributed by atoms with Crippen molar-refractivity contribution < 1.29 is 19.1 Å². The number of pyridine rings is 1. The van der Waals surface area contributed by atoms with Gasteiger partial charge in [0, 0.05) is 6.54 Å². The fourth-order valence-electron chi connectivity index (χ4n) is 2.35. The summed E-state index contributed by atoms with van der Waals surface area (Å²) in [5.41, 5.74) is -0.244. The lowest BCUT2D eigenvalue weighted by Crippen LogP contribution is -2.44. The van der Waals surface area contributed by atoms with E-state index in [4.69, 9.17) is 32.7 Å². The highest BCUT2D eigenvalue weighted by molar-refractivity contribution is 6.32. The first-order chi connectivity index (χ1) is 11.2. The molecule has 1 aliphatic rings. The van der Waals surface area contributed by atoms with E-state index in [-0.39, 0.29) is 11.8 Å². The Kier molecular flexibility index (Phi) is 5.93. The molecule has 0 spiro atoms. The Morgan fingerprint density at radius 3 is 2.71 bits per heavy atom. The molecule has 0 aromatic carbocycles. The van der Waals surface area contributed by atoms with Gasteiger partial charge in [-0.3, -0.25) is 4.90 Å². The minimum absolute atomic E-state index is 0.100. The molecular formula is C16H20Cl2N2O4. The highest BCUT2D eigenvalue weighted by Gasteiger charge is 2.37. The highest BCUT2D eigenvalue weighted by Crippen LogP contribution is 2.23. The molecule has 2 rings (SSSR count). The van der Waals surface area contributed by atoms with Crippen LogP contribution in [0.4, 0.5) is 4.79 Å². The Morgan fingerprint density at radius 1 is 1.33 bits per heavy atom. The summed E-state index contributed by atoms with van der Waals surface area (Å²) >= 11 is 11.8. The van der Waals surface area contributed by atoms with Crippen molar-refractivity contribution in [2.75, 3.05) is 6.54 Å². The lowest BCUT2D eigenvalue weighted by atomic mass is 10.2. The van der Waals surface area contributed by atoms with Gasteiger partial charge in [-0.15, -0.1) is 0 Å². The summed E-state index contributed by atoms with van der Waals surface area (Å²) in [5.74, 6) is -0.504. The monoisotopic (exact) mass is 374 g/mol. The number of amides is 1. The van der Waals surface area contributed by atoms with E-state index in [9.17, 15) is 9.59 Å². The van der Waals surface area contributed by atoms with Gasteiger partial charge in [0.25, 0.3) is 0 Å². The third-order valence-electron chi connectivity index (χ3n) is 3.39. The number of hydrogen-bond donors (Lipinski definition) is 0. The van der Waals surface area contributed by atoms with Crippen LogP contribution in [0.25, 0.3) is 0 Å². The lowest BCUT2D eigenvalue weighted by molar-refractivity contribution is -0.150. The highest BCUT2D eigenvalue weighted by atomic mass is 35.5. The average molecular weight is 375 g/mol. The summed E-state index contributed by atoms with van der Waals surface area (Å²) in [6, 6.07) is 2.48. The van der Waals surface area contributed by atoms with Crippen molar-refractivity contribution in [2.24, 2.45) is 0 Å². The molecule has 0 saturated carbocycles. The number of carbonyl (C=O) groups excluding carboxylic acids is 2. The smallest absolute Gasteiger partial charge is 0.411 e. The van der Waals surface area contributed by atoms with E-state index in [0.717, 1.165) is 6.42 Å². The molecule has 0 radical (unpaired) electrons. The molecule has 8 heteroatoms. The lowest BCUT2D eigenvalue weighted by Gasteiger charge is -2.27. The number of ether oxygens (including phenoxy) is 2. The van der Waals surface area contributed by atoms with E-state index in [1.807, 2.05) is 0 Å². The first kappa shape index (κ1) is 18.8. The van der Waals surface area contributed by atoms with Crippen LogP contribution >= 0.6 is 23.2 Å². The van der Waals surface area contributed by atoms with E-state index in [0.29, 0.717) is 23.7 Å².